The smallest absolute Gasteiger partial charge is 0.262 e. The third-order valence-corrected chi connectivity index (χ3v) is 6.23. The highest BCUT2D eigenvalue weighted by atomic mass is 35.5. The Labute approximate surface area is 189 Å². The van der Waals surface area contributed by atoms with Gasteiger partial charge in [0, 0.05) is 11.4 Å². The number of ether oxygens (including phenoxy) is 1. The van der Waals surface area contributed by atoms with Crippen molar-refractivity contribution in [3.8, 4) is 5.75 Å². The molecule has 3 aromatic rings. The highest BCUT2D eigenvalue weighted by Crippen LogP contribution is 2.26. The zero-order chi connectivity index (χ0) is 22.6. The van der Waals surface area contributed by atoms with E-state index in [2.05, 4.69) is 10.0 Å². The van der Waals surface area contributed by atoms with Crippen molar-refractivity contribution in [1.29, 1.82) is 0 Å². The Morgan fingerprint density at radius 2 is 1.65 bits per heavy atom. The molecule has 0 aliphatic carbocycles. The van der Waals surface area contributed by atoms with Gasteiger partial charge < -0.3 is 10.1 Å². The summed E-state index contributed by atoms with van der Waals surface area (Å²) < 4.78 is 45.9. The van der Waals surface area contributed by atoms with Gasteiger partial charge in [-0.3, -0.25) is 9.52 Å². The Morgan fingerprint density at radius 1 is 0.968 bits per heavy atom. The first kappa shape index (κ1) is 22.9. The number of nitrogens with one attached hydrogen (secondary N) is 2. The van der Waals surface area contributed by atoms with E-state index in [1.807, 2.05) is 0 Å². The minimum Gasteiger partial charge on any atom is -0.483 e. The Hall–Kier alpha value is -2.81. The molecule has 0 aliphatic rings. The van der Waals surface area contributed by atoms with Crippen molar-refractivity contribution in [3.63, 3.8) is 0 Å². The van der Waals surface area contributed by atoms with Crippen LogP contribution in [-0.2, 0) is 14.8 Å². The summed E-state index contributed by atoms with van der Waals surface area (Å²) >= 11 is 11.8. The van der Waals surface area contributed by atoms with Crippen LogP contribution in [0.3, 0.4) is 0 Å². The molecule has 0 radical (unpaired) electrons. The Balaban J connectivity index is 1.64. The van der Waals surface area contributed by atoms with Crippen molar-refractivity contribution in [3.05, 3.63) is 82.1 Å². The number of aryl methyl sites for hydroxylation is 1. The second-order valence-corrected chi connectivity index (χ2v) is 9.00. The molecule has 2 N–H and O–H groups in total. The first-order valence-electron chi connectivity index (χ1n) is 8.91. The maximum Gasteiger partial charge on any atom is 0.262 e. The number of halogens is 3. The predicted molar refractivity (Wildman–Crippen MR) is 119 cm³/mol. The van der Waals surface area contributed by atoms with Gasteiger partial charge in [0.1, 0.15) is 11.6 Å². The maximum absolute atomic E-state index is 13.0. The van der Waals surface area contributed by atoms with E-state index in [1.165, 1.54) is 36.4 Å². The molecule has 0 saturated heterocycles. The van der Waals surface area contributed by atoms with Gasteiger partial charge >= 0.3 is 0 Å². The van der Waals surface area contributed by atoms with Crippen LogP contribution in [0.5, 0.6) is 5.75 Å². The van der Waals surface area contributed by atoms with Crippen LogP contribution < -0.4 is 14.8 Å². The molecule has 0 spiro atoms. The lowest BCUT2D eigenvalue weighted by molar-refractivity contribution is -0.118. The van der Waals surface area contributed by atoms with Gasteiger partial charge in [0.25, 0.3) is 15.9 Å². The summed E-state index contributed by atoms with van der Waals surface area (Å²) in [4.78, 5) is 12.1. The van der Waals surface area contributed by atoms with Crippen LogP contribution in [0.1, 0.15) is 5.56 Å². The van der Waals surface area contributed by atoms with E-state index in [9.17, 15) is 17.6 Å². The van der Waals surface area contributed by atoms with Gasteiger partial charge in [-0.2, -0.15) is 0 Å². The van der Waals surface area contributed by atoms with Gasteiger partial charge in [-0.25, -0.2) is 12.8 Å². The van der Waals surface area contributed by atoms with E-state index in [0.717, 1.165) is 12.1 Å². The number of carbonyl (C=O) groups excluding carboxylic acids is 1. The number of benzene rings is 3. The summed E-state index contributed by atoms with van der Waals surface area (Å²) in [5.74, 6) is -0.541. The minimum absolute atomic E-state index is 0.00179. The van der Waals surface area contributed by atoms with Gasteiger partial charge in [-0.15, -0.1) is 0 Å². The summed E-state index contributed by atoms with van der Waals surface area (Å²) in [6.45, 7) is 1.37. The van der Waals surface area contributed by atoms with Crippen molar-refractivity contribution in [1.82, 2.24) is 0 Å². The number of sulfonamides is 1. The molecule has 0 heterocycles. The van der Waals surface area contributed by atoms with Crippen LogP contribution in [0.15, 0.2) is 65.6 Å². The van der Waals surface area contributed by atoms with Crippen LogP contribution in [0.2, 0.25) is 10.0 Å². The highest BCUT2D eigenvalue weighted by molar-refractivity contribution is 7.92. The second-order valence-electron chi connectivity index (χ2n) is 6.51. The first-order chi connectivity index (χ1) is 14.6. The summed E-state index contributed by atoms with van der Waals surface area (Å²) in [6.07, 6.45) is 0. The normalized spacial score (nSPS) is 11.1. The molecule has 31 heavy (non-hydrogen) atoms. The number of amides is 1. The summed E-state index contributed by atoms with van der Waals surface area (Å²) in [7, 11) is -3.88. The number of anilines is 2. The van der Waals surface area contributed by atoms with Crippen molar-refractivity contribution in [2.45, 2.75) is 11.8 Å². The fourth-order valence-electron chi connectivity index (χ4n) is 2.60. The van der Waals surface area contributed by atoms with E-state index in [0.29, 0.717) is 27.0 Å². The molecular weight excluding hydrogens is 466 g/mol. The summed E-state index contributed by atoms with van der Waals surface area (Å²) in [5.41, 5.74) is 1.22. The van der Waals surface area contributed by atoms with Crippen LogP contribution in [-0.4, -0.2) is 20.9 Å². The van der Waals surface area contributed by atoms with Crippen molar-refractivity contribution in [2.75, 3.05) is 16.6 Å². The number of hydrogen-bond acceptors (Lipinski definition) is 4. The van der Waals surface area contributed by atoms with Crippen LogP contribution in [0, 0.1) is 12.7 Å². The summed E-state index contributed by atoms with van der Waals surface area (Å²) in [6, 6.07) is 13.9. The van der Waals surface area contributed by atoms with E-state index in [-0.39, 0.29) is 17.2 Å². The average molecular weight is 483 g/mol. The molecule has 0 atom stereocenters. The molecule has 162 valence electrons. The second kappa shape index (κ2) is 9.55. The molecule has 0 saturated carbocycles. The number of rotatable bonds is 7. The van der Waals surface area contributed by atoms with Crippen molar-refractivity contribution in [2.24, 2.45) is 0 Å². The molecule has 0 bridgehead atoms. The first-order valence-corrected chi connectivity index (χ1v) is 11.1. The Bertz CT molecular complexity index is 1220. The van der Waals surface area contributed by atoms with Gasteiger partial charge in [0.2, 0.25) is 0 Å². The number of hydrogen-bond donors (Lipinski definition) is 2. The number of carbonyl (C=O) groups is 1. The highest BCUT2D eigenvalue weighted by Gasteiger charge is 2.16. The standard InChI is InChI=1S/C21H17Cl2FN2O4S/c1-13-10-17(31(28,29)26-15-4-2-14(24)3-5-15)7-9-20(13)30-12-21(27)25-16-6-8-18(22)19(23)11-16/h2-11,26H,12H2,1H3,(H,25,27). The third kappa shape index (κ3) is 6.10. The van der Waals surface area contributed by atoms with E-state index < -0.39 is 21.7 Å². The van der Waals surface area contributed by atoms with E-state index in [1.54, 1.807) is 19.1 Å². The zero-order valence-corrected chi connectivity index (χ0v) is 18.5. The van der Waals surface area contributed by atoms with Crippen molar-refractivity contribution >= 4 is 50.5 Å². The molecule has 6 nitrogen and oxygen atoms in total. The molecule has 3 rings (SSSR count). The van der Waals surface area contributed by atoms with Crippen LogP contribution in [0.4, 0.5) is 15.8 Å². The fourth-order valence-corrected chi connectivity index (χ4v) is 4.04. The lowest BCUT2D eigenvalue weighted by atomic mass is 10.2. The largest absolute Gasteiger partial charge is 0.483 e. The average Bonchev–Trinajstić information content (AvgIpc) is 2.71. The monoisotopic (exact) mass is 482 g/mol. The van der Waals surface area contributed by atoms with Gasteiger partial charge in [-0.1, -0.05) is 23.2 Å². The predicted octanol–water partition coefficient (Wildman–Crippen LogP) is 5.26. The molecule has 3 aromatic carbocycles. The fraction of sp³-hybridized carbons (Fsp3) is 0.0952. The summed E-state index contributed by atoms with van der Waals surface area (Å²) in [5, 5.41) is 3.31. The molecular formula is C21H17Cl2FN2O4S. The zero-order valence-electron chi connectivity index (χ0n) is 16.2. The maximum atomic E-state index is 13.0. The van der Waals surface area contributed by atoms with E-state index in [4.69, 9.17) is 27.9 Å². The third-order valence-electron chi connectivity index (χ3n) is 4.12. The Morgan fingerprint density at radius 3 is 2.29 bits per heavy atom. The molecule has 0 aliphatic heterocycles. The molecule has 0 aromatic heterocycles. The lowest BCUT2D eigenvalue weighted by Crippen LogP contribution is -2.20. The quantitative estimate of drug-likeness (QED) is 0.480. The molecule has 0 fully saturated rings. The lowest BCUT2D eigenvalue weighted by Gasteiger charge is -2.12. The van der Waals surface area contributed by atoms with Gasteiger partial charge in [-0.05, 0) is 73.2 Å². The van der Waals surface area contributed by atoms with Crippen LogP contribution in [0.25, 0.3) is 0 Å². The van der Waals surface area contributed by atoms with Crippen LogP contribution >= 0.6 is 23.2 Å². The molecule has 0 unspecified atom stereocenters. The van der Waals surface area contributed by atoms with Crippen molar-refractivity contribution < 1.29 is 22.3 Å². The van der Waals surface area contributed by atoms with Gasteiger partial charge in [0.15, 0.2) is 6.61 Å². The minimum atomic E-state index is -3.88. The Kier molecular flexibility index (Phi) is 7.04. The van der Waals surface area contributed by atoms with E-state index >= 15 is 0 Å². The molecule has 1 amide bonds. The molecule has 10 heteroatoms. The van der Waals surface area contributed by atoms with Gasteiger partial charge in [0.05, 0.1) is 14.9 Å². The topological polar surface area (TPSA) is 84.5 Å². The SMILES string of the molecule is Cc1cc(S(=O)(=O)Nc2ccc(F)cc2)ccc1OCC(=O)Nc1ccc(Cl)c(Cl)c1.